The Morgan fingerprint density at radius 1 is 1.47 bits per heavy atom. The fourth-order valence-electron chi connectivity index (χ4n) is 2.40. The van der Waals surface area contributed by atoms with Crippen molar-refractivity contribution >= 4 is 46.4 Å². The third kappa shape index (κ3) is 2.88. The number of halogens is 2. The molecule has 104 valence electrons. The lowest BCUT2D eigenvalue weighted by molar-refractivity contribution is -0.144. The van der Waals surface area contributed by atoms with Gasteiger partial charge in [-0.15, -0.1) is 11.3 Å². The molecule has 19 heavy (non-hydrogen) atoms. The number of amides is 1. The van der Waals surface area contributed by atoms with Crippen LogP contribution in [0.15, 0.2) is 6.07 Å². The van der Waals surface area contributed by atoms with Gasteiger partial charge in [-0.2, -0.15) is 0 Å². The molecule has 2 atom stereocenters. The quantitative estimate of drug-likeness (QED) is 0.908. The SMILES string of the molecule is C[C@@H]1[C@H](C(=O)O)CCCN1C(=O)c1cc(Cl)sc1Cl. The molecule has 1 aromatic heterocycles. The standard InChI is InChI=1S/C12H13Cl2NO3S/c1-6-7(12(17)18)3-2-4-15(6)11(16)8-5-9(13)19-10(8)14/h5-7H,2-4H2,1H3,(H,17,18)/t6-,7-/m1/s1. The van der Waals surface area contributed by atoms with Gasteiger partial charge >= 0.3 is 5.97 Å². The minimum atomic E-state index is -0.862. The summed E-state index contributed by atoms with van der Waals surface area (Å²) in [5.41, 5.74) is 0.356. The van der Waals surface area contributed by atoms with Gasteiger partial charge in [0.05, 0.1) is 15.8 Å². The predicted molar refractivity (Wildman–Crippen MR) is 75.2 cm³/mol. The summed E-state index contributed by atoms with van der Waals surface area (Å²) in [4.78, 5) is 25.1. The number of nitrogens with zero attached hydrogens (tertiary/aromatic N) is 1. The van der Waals surface area contributed by atoms with E-state index < -0.39 is 11.9 Å². The van der Waals surface area contributed by atoms with E-state index in [9.17, 15) is 9.59 Å². The van der Waals surface area contributed by atoms with Gasteiger partial charge in [-0.05, 0) is 25.8 Å². The Balaban J connectivity index is 2.23. The van der Waals surface area contributed by atoms with Gasteiger partial charge in [0.15, 0.2) is 0 Å². The highest BCUT2D eigenvalue weighted by Crippen LogP contribution is 2.34. The number of rotatable bonds is 2. The Hall–Kier alpha value is -0.780. The minimum absolute atomic E-state index is 0.244. The number of aliphatic carboxylic acids is 1. The second-order valence-corrected chi connectivity index (χ2v) is 6.85. The molecule has 1 fully saturated rings. The number of carboxylic acids is 1. The maximum Gasteiger partial charge on any atom is 0.308 e. The molecule has 0 bridgehead atoms. The first-order valence-corrected chi connectivity index (χ1v) is 7.47. The van der Waals surface area contributed by atoms with Gasteiger partial charge in [-0.3, -0.25) is 9.59 Å². The monoisotopic (exact) mass is 321 g/mol. The van der Waals surface area contributed by atoms with Crippen LogP contribution in [-0.4, -0.2) is 34.5 Å². The van der Waals surface area contributed by atoms with Crippen LogP contribution in [0.25, 0.3) is 0 Å². The molecule has 0 radical (unpaired) electrons. The van der Waals surface area contributed by atoms with E-state index in [1.807, 2.05) is 0 Å². The summed E-state index contributed by atoms with van der Waals surface area (Å²) in [6.45, 7) is 2.31. The van der Waals surface area contributed by atoms with E-state index in [0.717, 1.165) is 11.3 Å². The molecule has 2 rings (SSSR count). The van der Waals surface area contributed by atoms with Crippen molar-refractivity contribution < 1.29 is 14.7 Å². The van der Waals surface area contributed by atoms with Crippen molar-refractivity contribution in [2.24, 2.45) is 5.92 Å². The van der Waals surface area contributed by atoms with Crippen LogP contribution in [0.1, 0.15) is 30.1 Å². The Morgan fingerprint density at radius 2 is 2.16 bits per heavy atom. The third-order valence-electron chi connectivity index (χ3n) is 3.45. The molecule has 0 aliphatic carbocycles. The van der Waals surface area contributed by atoms with Crippen LogP contribution in [0.2, 0.25) is 8.67 Å². The molecule has 4 nitrogen and oxygen atoms in total. The minimum Gasteiger partial charge on any atom is -0.481 e. The molecular formula is C12H13Cl2NO3S. The smallest absolute Gasteiger partial charge is 0.308 e. The summed E-state index contributed by atoms with van der Waals surface area (Å²) < 4.78 is 0.799. The molecule has 0 aromatic carbocycles. The van der Waals surface area contributed by atoms with Gasteiger partial charge in [0, 0.05) is 12.6 Å². The van der Waals surface area contributed by atoms with Crippen LogP contribution in [0.5, 0.6) is 0 Å². The van der Waals surface area contributed by atoms with E-state index in [4.69, 9.17) is 28.3 Å². The Labute approximate surface area is 124 Å². The second-order valence-electron chi connectivity index (χ2n) is 4.56. The van der Waals surface area contributed by atoms with Crippen molar-refractivity contribution in [1.29, 1.82) is 0 Å². The Kier molecular flexibility index (Phi) is 4.38. The predicted octanol–water partition coefficient (Wildman–Crippen LogP) is 3.38. The summed E-state index contributed by atoms with van der Waals surface area (Å²) in [6.07, 6.45) is 1.28. The molecule has 1 amide bonds. The van der Waals surface area contributed by atoms with Gasteiger partial charge in [0.1, 0.15) is 4.34 Å². The fourth-order valence-corrected chi connectivity index (χ4v) is 3.85. The van der Waals surface area contributed by atoms with E-state index >= 15 is 0 Å². The molecule has 7 heteroatoms. The Morgan fingerprint density at radius 3 is 2.68 bits per heavy atom. The van der Waals surface area contributed by atoms with E-state index in [2.05, 4.69) is 0 Å². The van der Waals surface area contributed by atoms with Gasteiger partial charge in [-0.25, -0.2) is 0 Å². The molecule has 1 aliphatic heterocycles. The topological polar surface area (TPSA) is 57.6 Å². The normalized spacial score (nSPS) is 23.4. The van der Waals surface area contributed by atoms with Crippen molar-refractivity contribution in [2.75, 3.05) is 6.54 Å². The number of piperidine rings is 1. The van der Waals surface area contributed by atoms with E-state index in [1.54, 1.807) is 11.8 Å². The molecule has 1 saturated heterocycles. The molecule has 0 spiro atoms. The summed E-state index contributed by atoms with van der Waals surface area (Å²) in [6, 6.07) is 1.20. The first-order valence-electron chi connectivity index (χ1n) is 5.90. The largest absolute Gasteiger partial charge is 0.481 e. The first kappa shape index (κ1) is 14.6. The number of likely N-dealkylation sites (tertiary alicyclic amines) is 1. The van der Waals surface area contributed by atoms with Gasteiger partial charge in [0.2, 0.25) is 0 Å². The lowest BCUT2D eigenvalue weighted by atomic mass is 9.90. The second kappa shape index (κ2) is 5.69. The maximum atomic E-state index is 12.4. The lowest BCUT2D eigenvalue weighted by Crippen LogP contribution is -2.49. The van der Waals surface area contributed by atoms with Crippen LogP contribution >= 0.6 is 34.5 Å². The maximum absolute atomic E-state index is 12.4. The summed E-state index contributed by atoms with van der Waals surface area (Å²) >= 11 is 12.9. The van der Waals surface area contributed by atoms with Crippen LogP contribution < -0.4 is 0 Å². The van der Waals surface area contributed by atoms with Gasteiger partial charge in [-0.1, -0.05) is 23.2 Å². The van der Waals surface area contributed by atoms with E-state index in [1.165, 1.54) is 6.07 Å². The van der Waals surface area contributed by atoms with Crippen molar-refractivity contribution in [3.05, 3.63) is 20.3 Å². The summed E-state index contributed by atoms with van der Waals surface area (Å²) in [5, 5.41) is 9.15. The number of hydrogen-bond acceptors (Lipinski definition) is 3. The number of thiophene rings is 1. The number of carbonyl (C=O) groups excluding carboxylic acids is 1. The van der Waals surface area contributed by atoms with Crippen molar-refractivity contribution in [2.45, 2.75) is 25.8 Å². The zero-order chi connectivity index (χ0) is 14.2. The number of carbonyl (C=O) groups is 2. The van der Waals surface area contributed by atoms with Crippen LogP contribution in [0.4, 0.5) is 0 Å². The van der Waals surface area contributed by atoms with E-state index in [0.29, 0.717) is 33.6 Å². The average molecular weight is 322 g/mol. The van der Waals surface area contributed by atoms with Crippen LogP contribution in [0.3, 0.4) is 0 Å². The third-order valence-corrected chi connectivity index (χ3v) is 4.94. The lowest BCUT2D eigenvalue weighted by Gasteiger charge is -2.37. The highest BCUT2D eigenvalue weighted by atomic mass is 35.5. The van der Waals surface area contributed by atoms with Gasteiger partial charge in [0.25, 0.3) is 5.91 Å². The average Bonchev–Trinajstić information content (AvgIpc) is 2.67. The van der Waals surface area contributed by atoms with E-state index in [-0.39, 0.29) is 11.9 Å². The zero-order valence-electron chi connectivity index (χ0n) is 10.2. The molecule has 2 heterocycles. The number of carboxylic acid groups (broad SMARTS) is 1. The molecular weight excluding hydrogens is 309 g/mol. The molecule has 0 unspecified atom stereocenters. The molecule has 1 aliphatic rings. The first-order chi connectivity index (χ1) is 8.91. The summed E-state index contributed by atoms with van der Waals surface area (Å²) in [5.74, 6) is -1.63. The zero-order valence-corrected chi connectivity index (χ0v) is 12.6. The van der Waals surface area contributed by atoms with Crippen LogP contribution in [0, 0.1) is 5.92 Å². The number of hydrogen-bond donors (Lipinski definition) is 1. The highest BCUT2D eigenvalue weighted by Gasteiger charge is 2.36. The van der Waals surface area contributed by atoms with Gasteiger partial charge < -0.3 is 10.0 Å². The molecule has 0 saturated carbocycles. The highest BCUT2D eigenvalue weighted by molar-refractivity contribution is 7.20. The van der Waals surface area contributed by atoms with Crippen LogP contribution in [-0.2, 0) is 4.79 Å². The summed E-state index contributed by atoms with van der Waals surface area (Å²) in [7, 11) is 0. The van der Waals surface area contributed by atoms with Crippen molar-refractivity contribution in [1.82, 2.24) is 4.90 Å². The van der Waals surface area contributed by atoms with Crippen molar-refractivity contribution in [3.63, 3.8) is 0 Å². The molecule has 1 aromatic rings. The Bertz CT molecular complexity index is 517. The fraction of sp³-hybridized carbons (Fsp3) is 0.500. The molecule has 1 N–H and O–H groups in total. The van der Waals surface area contributed by atoms with Crippen molar-refractivity contribution in [3.8, 4) is 0 Å².